The van der Waals surface area contributed by atoms with Gasteiger partial charge in [0.1, 0.15) is 0 Å². The second-order valence-electron chi connectivity index (χ2n) is 8.91. The third kappa shape index (κ3) is 3.76. The Labute approximate surface area is 180 Å². The Bertz CT molecular complexity index is 999. The zero-order chi connectivity index (χ0) is 21.1. The van der Waals surface area contributed by atoms with Gasteiger partial charge in [-0.3, -0.25) is 9.78 Å². The fourth-order valence-electron chi connectivity index (χ4n) is 5.80. The summed E-state index contributed by atoms with van der Waals surface area (Å²) in [6.45, 7) is 6.78. The van der Waals surface area contributed by atoms with Crippen molar-refractivity contribution in [2.24, 2.45) is 11.8 Å². The van der Waals surface area contributed by atoms with Crippen LogP contribution < -0.4 is 5.32 Å². The first kappa shape index (κ1) is 20.7. The second-order valence-corrected chi connectivity index (χ2v) is 8.91. The minimum absolute atomic E-state index is 0.00402. The number of nitrogens with zero attached hydrogens (tertiary/aromatic N) is 1. The highest BCUT2D eigenvalue weighted by atomic mass is 16.1. The SMILES string of the molecule is CC#CC1CCC2(CC)c3ccc(C(=O)NCc4cccnc4C)cc3CCC2C1. The smallest absolute Gasteiger partial charge is 0.251 e. The van der Waals surface area contributed by atoms with Crippen molar-refractivity contribution >= 4 is 5.91 Å². The molecule has 2 aliphatic rings. The van der Waals surface area contributed by atoms with Gasteiger partial charge in [-0.1, -0.05) is 19.1 Å². The summed E-state index contributed by atoms with van der Waals surface area (Å²) in [6, 6.07) is 10.4. The molecule has 30 heavy (non-hydrogen) atoms. The first-order valence-electron chi connectivity index (χ1n) is 11.3. The molecular weight excluding hydrogens is 368 g/mol. The molecule has 1 fully saturated rings. The maximum absolute atomic E-state index is 12.8. The number of amides is 1. The summed E-state index contributed by atoms with van der Waals surface area (Å²) >= 11 is 0. The fraction of sp³-hybridized carbons (Fsp3) is 0.481. The molecule has 1 heterocycles. The van der Waals surface area contributed by atoms with E-state index in [1.54, 1.807) is 6.20 Å². The Morgan fingerprint density at radius 3 is 2.93 bits per heavy atom. The molecule has 2 aliphatic carbocycles. The molecule has 1 aromatic heterocycles. The molecule has 0 radical (unpaired) electrons. The molecule has 1 aromatic carbocycles. The molecule has 0 saturated heterocycles. The van der Waals surface area contributed by atoms with Crippen molar-refractivity contribution in [1.82, 2.24) is 10.3 Å². The van der Waals surface area contributed by atoms with Crippen molar-refractivity contribution in [3.05, 3.63) is 64.5 Å². The molecule has 3 unspecified atom stereocenters. The highest BCUT2D eigenvalue weighted by Gasteiger charge is 2.46. The Morgan fingerprint density at radius 1 is 1.30 bits per heavy atom. The van der Waals surface area contributed by atoms with Crippen molar-refractivity contribution in [2.75, 3.05) is 0 Å². The number of hydrogen-bond donors (Lipinski definition) is 1. The number of rotatable bonds is 4. The van der Waals surface area contributed by atoms with Crippen LogP contribution in [0.2, 0.25) is 0 Å². The van der Waals surface area contributed by atoms with E-state index in [1.165, 1.54) is 43.2 Å². The number of carbonyl (C=O) groups excluding carboxylic acids is 1. The van der Waals surface area contributed by atoms with Gasteiger partial charge in [0.25, 0.3) is 5.91 Å². The van der Waals surface area contributed by atoms with Crippen molar-refractivity contribution < 1.29 is 4.79 Å². The van der Waals surface area contributed by atoms with Crippen LogP contribution in [0, 0.1) is 30.6 Å². The molecule has 0 bridgehead atoms. The number of hydrogen-bond acceptors (Lipinski definition) is 2. The summed E-state index contributed by atoms with van der Waals surface area (Å²) in [5, 5.41) is 3.07. The van der Waals surface area contributed by atoms with Gasteiger partial charge in [0.2, 0.25) is 0 Å². The van der Waals surface area contributed by atoms with Gasteiger partial charge in [0, 0.05) is 29.9 Å². The van der Waals surface area contributed by atoms with Crippen LogP contribution in [0.15, 0.2) is 36.5 Å². The molecule has 3 atom stereocenters. The van der Waals surface area contributed by atoms with Gasteiger partial charge in [-0.05, 0) is 98.6 Å². The minimum Gasteiger partial charge on any atom is -0.348 e. The van der Waals surface area contributed by atoms with Gasteiger partial charge < -0.3 is 5.32 Å². The summed E-state index contributed by atoms with van der Waals surface area (Å²) < 4.78 is 0. The van der Waals surface area contributed by atoms with E-state index in [4.69, 9.17) is 0 Å². The van der Waals surface area contributed by atoms with Crippen LogP contribution >= 0.6 is 0 Å². The van der Waals surface area contributed by atoms with Gasteiger partial charge in [-0.15, -0.1) is 11.8 Å². The van der Waals surface area contributed by atoms with Crippen molar-refractivity contribution in [2.45, 2.75) is 71.3 Å². The number of fused-ring (bicyclic) bond motifs is 3. The summed E-state index contributed by atoms with van der Waals surface area (Å²) in [7, 11) is 0. The number of aryl methyl sites for hydroxylation is 2. The molecule has 2 aromatic rings. The number of pyridine rings is 1. The number of nitrogens with one attached hydrogen (secondary N) is 1. The van der Waals surface area contributed by atoms with Crippen LogP contribution in [0.25, 0.3) is 0 Å². The zero-order valence-corrected chi connectivity index (χ0v) is 18.4. The minimum atomic E-state index is -0.00402. The van der Waals surface area contributed by atoms with E-state index < -0.39 is 0 Å². The monoisotopic (exact) mass is 400 g/mol. The van der Waals surface area contributed by atoms with Gasteiger partial charge >= 0.3 is 0 Å². The van der Waals surface area contributed by atoms with E-state index in [0.29, 0.717) is 18.4 Å². The zero-order valence-electron chi connectivity index (χ0n) is 18.4. The average molecular weight is 401 g/mol. The van der Waals surface area contributed by atoms with E-state index in [2.05, 4.69) is 41.2 Å². The van der Waals surface area contributed by atoms with Crippen LogP contribution in [0.5, 0.6) is 0 Å². The summed E-state index contributed by atoms with van der Waals surface area (Å²) in [5.74, 6) is 7.83. The topological polar surface area (TPSA) is 42.0 Å². The fourth-order valence-corrected chi connectivity index (χ4v) is 5.80. The third-order valence-electron chi connectivity index (χ3n) is 7.49. The van der Waals surface area contributed by atoms with Crippen molar-refractivity contribution in [3.8, 4) is 11.8 Å². The van der Waals surface area contributed by atoms with Crippen molar-refractivity contribution in [1.29, 1.82) is 0 Å². The van der Waals surface area contributed by atoms with Crippen LogP contribution in [-0.2, 0) is 18.4 Å². The van der Waals surface area contributed by atoms with Gasteiger partial charge in [-0.2, -0.15) is 0 Å². The molecule has 1 saturated carbocycles. The molecule has 3 heteroatoms. The third-order valence-corrected chi connectivity index (χ3v) is 7.49. The Kier molecular flexibility index (Phi) is 5.95. The van der Waals surface area contributed by atoms with Crippen LogP contribution in [0.1, 0.15) is 78.7 Å². The molecule has 156 valence electrons. The van der Waals surface area contributed by atoms with Gasteiger partial charge in [-0.25, -0.2) is 0 Å². The Balaban J connectivity index is 1.53. The molecule has 0 aliphatic heterocycles. The maximum atomic E-state index is 12.8. The molecule has 1 N–H and O–H groups in total. The first-order chi connectivity index (χ1) is 14.6. The normalized spacial score (nSPS) is 24.8. The standard InChI is InChI=1S/C27H32N2O/c1-4-7-20-13-14-27(5-2)24(16-20)11-9-21-17-22(10-12-25(21)27)26(30)29-18-23-8-6-15-28-19(23)3/h6,8,10,12,15,17,20,24H,5,9,11,13-14,16,18H2,1-3H3,(H,29,30). The Morgan fingerprint density at radius 2 is 2.17 bits per heavy atom. The molecule has 1 amide bonds. The summed E-state index contributed by atoms with van der Waals surface area (Å²) in [4.78, 5) is 17.1. The van der Waals surface area contributed by atoms with E-state index in [-0.39, 0.29) is 11.3 Å². The molecule has 0 spiro atoms. The highest BCUT2D eigenvalue weighted by molar-refractivity contribution is 5.94. The highest BCUT2D eigenvalue weighted by Crippen LogP contribution is 2.53. The van der Waals surface area contributed by atoms with E-state index in [9.17, 15) is 4.79 Å². The van der Waals surface area contributed by atoms with E-state index in [0.717, 1.165) is 23.2 Å². The lowest BCUT2D eigenvalue weighted by molar-refractivity contribution is 0.0950. The quantitative estimate of drug-likeness (QED) is 0.703. The lowest BCUT2D eigenvalue weighted by Crippen LogP contribution is -2.43. The largest absolute Gasteiger partial charge is 0.348 e. The molecule has 4 rings (SSSR count). The predicted molar refractivity (Wildman–Crippen MR) is 121 cm³/mol. The van der Waals surface area contributed by atoms with Gasteiger partial charge in [0.05, 0.1) is 0 Å². The lowest BCUT2D eigenvalue weighted by Gasteiger charge is -2.50. The number of carbonyl (C=O) groups is 1. The average Bonchev–Trinajstić information content (AvgIpc) is 2.78. The molecular formula is C27H32N2O. The van der Waals surface area contributed by atoms with E-state index in [1.807, 2.05) is 32.0 Å². The molecule has 3 nitrogen and oxygen atoms in total. The summed E-state index contributed by atoms with van der Waals surface area (Å²) in [5.41, 5.74) is 5.92. The Hall–Kier alpha value is -2.60. The lowest BCUT2D eigenvalue weighted by atomic mass is 9.54. The first-order valence-corrected chi connectivity index (χ1v) is 11.3. The van der Waals surface area contributed by atoms with Crippen LogP contribution in [-0.4, -0.2) is 10.9 Å². The van der Waals surface area contributed by atoms with Crippen molar-refractivity contribution in [3.63, 3.8) is 0 Å². The van der Waals surface area contributed by atoms with E-state index >= 15 is 0 Å². The van der Waals surface area contributed by atoms with Crippen LogP contribution in [0.4, 0.5) is 0 Å². The predicted octanol–water partition coefficient (Wildman–Crippen LogP) is 5.35. The van der Waals surface area contributed by atoms with Crippen LogP contribution in [0.3, 0.4) is 0 Å². The number of aromatic nitrogens is 1. The number of benzene rings is 1. The second kappa shape index (κ2) is 8.64. The summed E-state index contributed by atoms with van der Waals surface area (Å²) in [6.07, 6.45) is 8.86. The maximum Gasteiger partial charge on any atom is 0.251 e. The van der Waals surface area contributed by atoms with Gasteiger partial charge in [0.15, 0.2) is 0 Å².